The van der Waals surface area contributed by atoms with E-state index in [1.807, 2.05) is 6.08 Å². The fourth-order valence-corrected chi connectivity index (χ4v) is 1.52. The molecular formula is C12H18N2. The Bertz CT molecular complexity index is 294. The summed E-state index contributed by atoms with van der Waals surface area (Å²) in [6, 6.07) is 8.63. The fraction of sp³-hybridized carbons (Fsp3) is 0.333. The zero-order valence-corrected chi connectivity index (χ0v) is 8.66. The smallest absolute Gasteiger partial charge is 0.0463 e. The molecule has 0 heterocycles. The normalized spacial score (nSPS) is 12.4. The molecule has 76 valence electrons. The molecule has 0 aliphatic heterocycles. The first-order valence-corrected chi connectivity index (χ1v) is 4.91. The van der Waals surface area contributed by atoms with Gasteiger partial charge in [0.15, 0.2) is 0 Å². The maximum atomic E-state index is 5.51. The SMILES string of the molecule is C=CCCC(NN)c1cccc(C)c1. The fourth-order valence-electron chi connectivity index (χ4n) is 1.52. The minimum Gasteiger partial charge on any atom is -0.271 e. The minimum absolute atomic E-state index is 0.230. The average molecular weight is 190 g/mol. The summed E-state index contributed by atoms with van der Waals surface area (Å²) in [5.41, 5.74) is 5.34. The van der Waals surface area contributed by atoms with Crippen LogP contribution < -0.4 is 11.3 Å². The Balaban J connectivity index is 2.72. The number of nitrogens with two attached hydrogens (primary N) is 1. The third-order valence-electron chi connectivity index (χ3n) is 2.31. The Morgan fingerprint density at radius 2 is 2.36 bits per heavy atom. The third kappa shape index (κ3) is 2.98. The van der Waals surface area contributed by atoms with Gasteiger partial charge in [0.2, 0.25) is 0 Å². The quantitative estimate of drug-likeness (QED) is 0.425. The molecule has 2 heteroatoms. The summed E-state index contributed by atoms with van der Waals surface area (Å²) in [4.78, 5) is 0. The van der Waals surface area contributed by atoms with Crippen molar-refractivity contribution in [2.75, 3.05) is 0 Å². The van der Waals surface area contributed by atoms with Crippen LogP contribution in [0.15, 0.2) is 36.9 Å². The van der Waals surface area contributed by atoms with Gasteiger partial charge in [0.1, 0.15) is 0 Å². The van der Waals surface area contributed by atoms with Crippen LogP contribution in [0, 0.1) is 6.92 Å². The van der Waals surface area contributed by atoms with Gasteiger partial charge in [-0.05, 0) is 25.3 Å². The molecule has 1 rings (SSSR count). The van der Waals surface area contributed by atoms with Crippen molar-refractivity contribution < 1.29 is 0 Å². The maximum Gasteiger partial charge on any atom is 0.0463 e. The van der Waals surface area contributed by atoms with Crippen LogP contribution in [-0.2, 0) is 0 Å². The summed E-state index contributed by atoms with van der Waals surface area (Å²) in [5, 5.41) is 0. The van der Waals surface area contributed by atoms with Crippen LogP contribution in [0.4, 0.5) is 0 Å². The molecule has 0 aliphatic rings. The highest BCUT2D eigenvalue weighted by molar-refractivity contribution is 5.24. The predicted molar refractivity (Wildman–Crippen MR) is 60.7 cm³/mol. The third-order valence-corrected chi connectivity index (χ3v) is 2.31. The number of hydrazine groups is 1. The van der Waals surface area contributed by atoms with Crippen molar-refractivity contribution in [1.29, 1.82) is 0 Å². The number of allylic oxidation sites excluding steroid dienone is 1. The second kappa shape index (κ2) is 5.58. The lowest BCUT2D eigenvalue weighted by atomic mass is 10.0. The molecule has 0 aromatic heterocycles. The summed E-state index contributed by atoms with van der Waals surface area (Å²) in [5.74, 6) is 5.51. The van der Waals surface area contributed by atoms with Crippen LogP contribution in [0.5, 0.6) is 0 Å². The van der Waals surface area contributed by atoms with Gasteiger partial charge < -0.3 is 0 Å². The van der Waals surface area contributed by atoms with Gasteiger partial charge in [0.05, 0.1) is 0 Å². The Morgan fingerprint density at radius 3 is 2.93 bits per heavy atom. The number of hydrogen-bond acceptors (Lipinski definition) is 2. The van der Waals surface area contributed by atoms with E-state index in [2.05, 4.69) is 43.2 Å². The summed E-state index contributed by atoms with van der Waals surface area (Å²) in [7, 11) is 0. The molecule has 1 unspecified atom stereocenters. The number of rotatable bonds is 5. The van der Waals surface area contributed by atoms with Crippen LogP contribution in [0.3, 0.4) is 0 Å². The first-order valence-electron chi connectivity index (χ1n) is 4.91. The van der Waals surface area contributed by atoms with Crippen molar-refractivity contribution in [2.45, 2.75) is 25.8 Å². The standard InChI is InChI=1S/C12H18N2/c1-3-4-8-12(14-13)11-7-5-6-10(2)9-11/h3,5-7,9,12,14H,1,4,8,13H2,2H3. The molecule has 1 aromatic rings. The maximum absolute atomic E-state index is 5.51. The second-order valence-electron chi connectivity index (χ2n) is 3.50. The Labute approximate surface area is 85.8 Å². The highest BCUT2D eigenvalue weighted by Gasteiger charge is 2.07. The molecule has 0 amide bonds. The molecule has 0 bridgehead atoms. The van der Waals surface area contributed by atoms with Crippen LogP contribution >= 0.6 is 0 Å². The molecule has 0 fully saturated rings. The highest BCUT2D eigenvalue weighted by Crippen LogP contribution is 2.18. The number of hydrogen-bond donors (Lipinski definition) is 2. The average Bonchev–Trinajstić information content (AvgIpc) is 2.19. The molecule has 0 radical (unpaired) electrons. The van der Waals surface area contributed by atoms with Gasteiger partial charge in [-0.2, -0.15) is 0 Å². The van der Waals surface area contributed by atoms with E-state index < -0.39 is 0 Å². The molecule has 3 N–H and O–H groups in total. The van der Waals surface area contributed by atoms with Gasteiger partial charge in [-0.3, -0.25) is 11.3 Å². The Hall–Kier alpha value is -1.12. The lowest BCUT2D eigenvalue weighted by Gasteiger charge is -2.15. The second-order valence-corrected chi connectivity index (χ2v) is 3.50. The van der Waals surface area contributed by atoms with Crippen LogP contribution in [0.2, 0.25) is 0 Å². The summed E-state index contributed by atoms with van der Waals surface area (Å²) >= 11 is 0. The molecule has 0 spiro atoms. The van der Waals surface area contributed by atoms with Crippen molar-refractivity contribution in [3.05, 3.63) is 48.0 Å². The molecule has 1 aromatic carbocycles. The van der Waals surface area contributed by atoms with Crippen LogP contribution in [-0.4, -0.2) is 0 Å². The van der Waals surface area contributed by atoms with Gasteiger partial charge in [-0.15, -0.1) is 6.58 Å². The number of nitrogens with one attached hydrogen (secondary N) is 1. The molecular weight excluding hydrogens is 172 g/mol. The molecule has 0 aliphatic carbocycles. The van der Waals surface area contributed by atoms with E-state index in [-0.39, 0.29) is 6.04 Å². The number of benzene rings is 1. The zero-order valence-electron chi connectivity index (χ0n) is 8.66. The van der Waals surface area contributed by atoms with Gasteiger partial charge in [-0.25, -0.2) is 0 Å². The molecule has 0 saturated carbocycles. The molecule has 1 atom stereocenters. The lowest BCUT2D eigenvalue weighted by Crippen LogP contribution is -2.27. The van der Waals surface area contributed by atoms with Gasteiger partial charge in [0, 0.05) is 6.04 Å². The van der Waals surface area contributed by atoms with Crippen LogP contribution in [0.25, 0.3) is 0 Å². The van der Waals surface area contributed by atoms with Crippen LogP contribution in [0.1, 0.15) is 30.0 Å². The van der Waals surface area contributed by atoms with E-state index in [0.29, 0.717) is 0 Å². The molecule has 2 nitrogen and oxygen atoms in total. The first-order chi connectivity index (χ1) is 6.77. The van der Waals surface area contributed by atoms with E-state index in [9.17, 15) is 0 Å². The van der Waals surface area contributed by atoms with Crippen molar-refractivity contribution in [2.24, 2.45) is 5.84 Å². The molecule has 0 saturated heterocycles. The van der Waals surface area contributed by atoms with Gasteiger partial charge in [-0.1, -0.05) is 35.9 Å². The minimum atomic E-state index is 0.230. The van der Waals surface area contributed by atoms with Gasteiger partial charge in [0.25, 0.3) is 0 Å². The summed E-state index contributed by atoms with van der Waals surface area (Å²) in [6.45, 7) is 5.80. The Morgan fingerprint density at radius 1 is 1.57 bits per heavy atom. The highest BCUT2D eigenvalue weighted by atomic mass is 15.2. The largest absolute Gasteiger partial charge is 0.271 e. The van der Waals surface area contributed by atoms with E-state index in [0.717, 1.165) is 12.8 Å². The molecule has 14 heavy (non-hydrogen) atoms. The van der Waals surface area contributed by atoms with Crippen molar-refractivity contribution in [1.82, 2.24) is 5.43 Å². The van der Waals surface area contributed by atoms with Gasteiger partial charge >= 0.3 is 0 Å². The summed E-state index contributed by atoms with van der Waals surface area (Å²) in [6.07, 6.45) is 3.88. The topological polar surface area (TPSA) is 38.0 Å². The predicted octanol–water partition coefficient (Wildman–Crippen LogP) is 2.47. The summed E-state index contributed by atoms with van der Waals surface area (Å²) < 4.78 is 0. The monoisotopic (exact) mass is 190 g/mol. The van der Waals surface area contributed by atoms with Crippen molar-refractivity contribution in [3.8, 4) is 0 Å². The zero-order chi connectivity index (χ0) is 10.4. The van der Waals surface area contributed by atoms with Crippen molar-refractivity contribution >= 4 is 0 Å². The van der Waals surface area contributed by atoms with Crippen molar-refractivity contribution in [3.63, 3.8) is 0 Å². The Kier molecular flexibility index (Phi) is 4.36. The number of aryl methyl sites for hydroxylation is 1. The first kappa shape index (κ1) is 11.0. The van der Waals surface area contributed by atoms with E-state index in [1.54, 1.807) is 0 Å². The van der Waals surface area contributed by atoms with E-state index in [4.69, 9.17) is 5.84 Å². The van der Waals surface area contributed by atoms with E-state index in [1.165, 1.54) is 11.1 Å². The lowest BCUT2D eigenvalue weighted by molar-refractivity contribution is 0.520. The van der Waals surface area contributed by atoms with E-state index >= 15 is 0 Å².